The monoisotopic (exact) mass is 424 g/mol. The molecule has 0 bridgehead atoms. The summed E-state index contributed by atoms with van der Waals surface area (Å²) in [4.78, 5) is 33.4. The average molecular weight is 425 g/mol. The molecule has 0 saturated carbocycles. The minimum absolute atomic E-state index is 0.0890. The number of hydrogen-bond acceptors (Lipinski definition) is 6. The second-order valence-corrected chi connectivity index (χ2v) is 6.72. The molecule has 0 saturated heterocycles. The molecule has 0 fully saturated rings. The number of amides is 2. The molecular formula is C18H12ClF3N4O3. The van der Waals surface area contributed by atoms with Gasteiger partial charge < -0.3 is 9.64 Å². The van der Waals surface area contributed by atoms with E-state index in [-0.39, 0.29) is 28.9 Å². The van der Waals surface area contributed by atoms with E-state index < -0.39 is 23.6 Å². The van der Waals surface area contributed by atoms with Gasteiger partial charge in [-0.2, -0.15) is 13.2 Å². The molecule has 0 aliphatic carbocycles. The summed E-state index contributed by atoms with van der Waals surface area (Å²) in [5.41, 5.74) is 0.549. The fourth-order valence-corrected chi connectivity index (χ4v) is 3.39. The SMILES string of the molecule is O=C1NC(=O)C(N2CCc3c(ncnc3Oc3ccc(C(F)(F)F)cc3)C2)=C1Cl. The zero-order valence-corrected chi connectivity index (χ0v) is 15.3. The minimum atomic E-state index is -4.43. The summed E-state index contributed by atoms with van der Waals surface area (Å²) in [6, 6.07) is 4.28. The molecular weight excluding hydrogens is 413 g/mol. The number of imide groups is 1. The Morgan fingerprint density at radius 1 is 1.10 bits per heavy atom. The van der Waals surface area contributed by atoms with Crippen molar-refractivity contribution in [1.82, 2.24) is 20.2 Å². The lowest BCUT2D eigenvalue weighted by atomic mass is 10.1. The molecule has 7 nitrogen and oxygen atoms in total. The first kappa shape index (κ1) is 19.2. The van der Waals surface area contributed by atoms with Gasteiger partial charge in [-0.15, -0.1) is 0 Å². The smallest absolute Gasteiger partial charge is 0.416 e. The maximum atomic E-state index is 12.7. The standard InChI is InChI=1S/C18H12ClF3N4O3/c19-13-14(16(28)25-15(13)27)26-6-5-11-12(7-26)23-8-24-17(11)29-10-3-1-9(2-4-10)18(20,21)22/h1-4,8H,5-7H2,(H,25,27,28). The van der Waals surface area contributed by atoms with E-state index in [0.717, 1.165) is 12.1 Å². The summed E-state index contributed by atoms with van der Waals surface area (Å²) in [6.45, 7) is 0.559. The third-order valence-electron chi connectivity index (χ3n) is 4.53. The van der Waals surface area contributed by atoms with Crippen molar-refractivity contribution in [3.8, 4) is 11.6 Å². The number of fused-ring (bicyclic) bond motifs is 1. The summed E-state index contributed by atoms with van der Waals surface area (Å²) in [6.07, 6.45) is -2.78. The van der Waals surface area contributed by atoms with Crippen LogP contribution in [0.25, 0.3) is 0 Å². The summed E-state index contributed by atoms with van der Waals surface area (Å²) in [5, 5.41) is 1.96. The van der Waals surface area contributed by atoms with Gasteiger partial charge in [-0.3, -0.25) is 14.9 Å². The molecule has 0 atom stereocenters. The highest BCUT2D eigenvalue weighted by Gasteiger charge is 2.35. The van der Waals surface area contributed by atoms with Crippen LogP contribution in [0.2, 0.25) is 0 Å². The Kier molecular flexibility index (Phi) is 4.65. The molecule has 2 aliphatic rings. The van der Waals surface area contributed by atoms with Crippen LogP contribution in [0.5, 0.6) is 11.6 Å². The Morgan fingerprint density at radius 3 is 2.45 bits per heavy atom. The number of rotatable bonds is 3. The van der Waals surface area contributed by atoms with Crippen molar-refractivity contribution in [2.75, 3.05) is 6.54 Å². The average Bonchev–Trinajstić information content (AvgIpc) is 2.93. The van der Waals surface area contributed by atoms with Crippen molar-refractivity contribution in [3.05, 3.63) is 58.1 Å². The molecule has 2 amide bonds. The van der Waals surface area contributed by atoms with E-state index in [1.165, 1.54) is 18.5 Å². The summed E-state index contributed by atoms with van der Waals surface area (Å²) in [5.74, 6) is -0.792. The molecule has 0 unspecified atom stereocenters. The molecule has 1 aromatic heterocycles. The highest BCUT2D eigenvalue weighted by Crippen LogP contribution is 2.34. The molecule has 0 spiro atoms. The van der Waals surface area contributed by atoms with Crippen molar-refractivity contribution >= 4 is 23.4 Å². The molecule has 2 aromatic rings. The van der Waals surface area contributed by atoms with Gasteiger partial charge in [0.05, 0.1) is 17.8 Å². The Bertz CT molecular complexity index is 1040. The van der Waals surface area contributed by atoms with Gasteiger partial charge in [0.25, 0.3) is 11.8 Å². The molecule has 29 heavy (non-hydrogen) atoms. The quantitative estimate of drug-likeness (QED) is 0.763. The molecule has 0 radical (unpaired) electrons. The van der Waals surface area contributed by atoms with Crippen LogP contribution in [0.1, 0.15) is 16.8 Å². The molecule has 4 rings (SSSR count). The maximum absolute atomic E-state index is 12.7. The Balaban J connectivity index is 1.56. The zero-order chi connectivity index (χ0) is 20.8. The van der Waals surface area contributed by atoms with Crippen molar-refractivity contribution in [2.24, 2.45) is 0 Å². The van der Waals surface area contributed by atoms with Crippen LogP contribution in [-0.4, -0.2) is 33.2 Å². The van der Waals surface area contributed by atoms with E-state index in [1.54, 1.807) is 4.90 Å². The number of alkyl halides is 3. The normalized spacial score (nSPS) is 16.8. The number of ether oxygens (including phenoxy) is 1. The molecule has 1 aromatic carbocycles. The number of carbonyl (C=O) groups is 2. The van der Waals surface area contributed by atoms with Gasteiger partial charge in [-0.25, -0.2) is 9.97 Å². The Morgan fingerprint density at radius 2 is 1.83 bits per heavy atom. The van der Waals surface area contributed by atoms with Crippen LogP contribution in [0.3, 0.4) is 0 Å². The van der Waals surface area contributed by atoms with Crippen molar-refractivity contribution in [1.29, 1.82) is 0 Å². The van der Waals surface area contributed by atoms with Crippen LogP contribution in [0.4, 0.5) is 13.2 Å². The van der Waals surface area contributed by atoms with Gasteiger partial charge in [-0.1, -0.05) is 11.6 Å². The minimum Gasteiger partial charge on any atom is -0.439 e. The van der Waals surface area contributed by atoms with E-state index in [0.29, 0.717) is 24.2 Å². The highest BCUT2D eigenvalue weighted by atomic mass is 35.5. The first-order valence-electron chi connectivity index (χ1n) is 8.42. The number of carbonyl (C=O) groups excluding carboxylic acids is 2. The number of benzene rings is 1. The fraction of sp³-hybridized carbons (Fsp3) is 0.222. The first-order valence-corrected chi connectivity index (χ1v) is 8.80. The number of hydrogen-bond donors (Lipinski definition) is 1. The number of nitrogens with one attached hydrogen (secondary N) is 1. The van der Waals surface area contributed by atoms with E-state index in [1.807, 2.05) is 0 Å². The largest absolute Gasteiger partial charge is 0.439 e. The van der Waals surface area contributed by atoms with Gasteiger partial charge in [0, 0.05) is 12.1 Å². The highest BCUT2D eigenvalue weighted by molar-refractivity contribution is 6.47. The topological polar surface area (TPSA) is 84.4 Å². The molecule has 150 valence electrons. The summed E-state index contributed by atoms with van der Waals surface area (Å²) >= 11 is 5.93. The zero-order valence-electron chi connectivity index (χ0n) is 14.6. The first-order chi connectivity index (χ1) is 13.7. The van der Waals surface area contributed by atoms with Gasteiger partial charge in [0.1, 0.15) is 22.8 Å². The van der Waals surface area contributed by atoms with Gasteiger partial charge in [-0.05, 0) is 30.7 Å². The lowest BCUT2D eigenvalue weighted by Crippen LogP contribution is -2.35. The number of aromatic nitrogens is 2. The number of nitrogens with zero attached hydrogens (tertiary/aromatic N) is 3. The van der Waals surface area contributed by atoms with Crippen LogP contribution < -0.4 is 10.1 Å². The fourth-order valence-electron chi connectivity index (χ4n) is 3.13. The van der Waals surface area contributed by atoms with E-state index in [4.69, 9.17) is 16.3 Å². The second kappa shape index (κ2) is 7.03. The third-order valence-corrected chi connectivity index (χ3v) is 4.88. The Labute approximate surface area is 167 Å². The van der Waals surface area contributed by atoms with Gasteiger partial charge >= 0.3 is 6.18 Å². The van der Waals surface area contributed by atoms with E-state index in [9.17, 15) is 22.8 Å². The predicted octanol–water partition coefficient (Wildman–Crippen LogP) is 2.75. The van der Waals surface area contributed by atoms with Crippen molar-refractivity contribution < 1.29 is 27.5 Å². The Hall–Kier alpha value is -3.14. The van der Waals surface area contributed by atoms with E-state index >= 15 is 0 Å². The molecule has 3 heterocycles. The molecule has 2 aliphatic heterocycles. The second-order valence-electron chi connectivity index (χ2n) is 6.35. The van der Waals surface area contributed by atoms with Crippen molar-refractivity contribution in [2.45, 2.75) is 19.1 Å². The summed E-state index contributed by atoms with van der Waals surface area (Å²) in [7, 11) is 0. The van der Waals surface area contributed by atoms with Gasteiger partial charge in [0.2, 0.25) is 5.88 Å². The predicted molar refractivity (Wildman–Crippen MR) is 93.7 cm³/mol. The van der Waals surface area contributed by atoms with E-state index in [2.05, 4.69) is 15.3 Å². The lowest BCUT2D eigenvalue weighted by Gasteiger charge is -2.30. The lowest BCUT2D eigenvalue weighted by molar-refractivity contribution is -0.137. The van der Waals surface area contributed by atoms with Crippen LogP contribution in [0.15, 0.2) is 41.3 Å². The van der Waals surface area contributed by atoms with Crippen molar-refractivity contribution in [3.63, 3.8) is 0 Å². The third kappa shape index (κ3) is 3.63. The molecule has 11 heteroatoms. The van der Waals surface area contributed by atoms with Gasteiger partial charge in [0.15, 0.2) is 0 Å². The van der Waals surface area contributed by atoms with Crippen LogP contribution >= 0.6 is 11.6 Å². The maximum Gasteiger partial charge on any atom is 0.416 e. The van der Waals surface area contributed by atoms with Crippen LogP contribution in [-0.2, 0) is 28.7 Å². The van der Waals surface area contributed by atoms with Crippen LogP contribution in [0, 0.1) is 0 Å². The molecule has 1 N–H and O–H groups in total. The number of halogens is 4. The summed E-state index contributed by atoms with van der Waals surface area (Å²) < 4.78 is 43.7.